The lowest BCUT2D eigenvalue weighted by atomic mass is 10.3. The summed E-state index contributed by atoms with van der Waals surface area (Å²) >= 11 is 0. The van der Waals surface area contributed by atoms with Crippen LogP contribution in [0.5, 0.6) is 0 Å². The highest BCUT2D eigenvalue weighted by Crippen LogP contribution is 2.19. The number of aromatic amines is 1. The van der Waals surface area contributed by atoms with Gasteiger partial charge < -0.3 is 21.3 Å². The maximum absolute atomic E-state index is 11.8. The number of rotatable bonds is 7. The van der Waals surface area contributed by atoms with E-state index in [1.54, 1.807) is 12.1 Å². The Balaban J connectivity index is 1.70. The van der Waals surface area contributed by atoms with E-state index in [2.05, 4.69) is 46.4 Å². The summed E-state index contributed by atoms with van der Waals surface area (Å²) in [6, 6.07) is 8.97. The normalized spacial score (nSPS) is 10.7. The minimum Gasteiger partial charge on any atom is -0.336 e. The van der Waals surface area contributed by atoms with E-state index < -0.39 is 0 Å². The molecule has 0 unspecified atom stereocenters. The molecule has 0 atom stereocenters. The highest BCUT2D eigenvalue weighted by molar-refractivity contribution is 5.89. The fourth-order valence-corrected chi connectivity index (χ4v) is 2.48. The molecule has 10 heteroatoms. The summed E-state index contributed by atoms with van der Waals surface area (Å²) in [5.74, 6) is 2.12. The molecule has 3 aromatic rings. The first-order valence-electron chi connectivity index (χ1n) is 9.40. The van der Waals surface area contributed by atoms with Crippen molar-refractivity contribution < 1.29 is 4.79 Å². The van der Waals surface area contributed by atoms with Crippen LogP contribution in [-0.4, -0.2) is 37.2 Å². The molecular weight excluding hydrogens is 370 g/mol. The molecule has 0 spiro atoms. The Bertz CT molecular complexity index is 966. The van der Waals surface area contributed by atoms with E-state index in [0.29, 0.717) is 35.6 Å². The molecule has 0 aliphatic heterocycles. The van der Waals surface area contributed by atoms with Gasteiger partial charge in [-0.1, -0.05) is 6.92 Å². The molecule has 0 aliphatic carbocycles. The number of amides is 2. The zero-order valence-electron chi connectivity index (χ0n) is 16.9. The lowest BCUT2D eigenvalue weighted by Crippen LogP contribution is -2.34. The molecule has 2 heterocycles. The highest BCUT2D eigenvalue weighted by atomic mass is 16.2. The number of benzene rings is 1. The fraction of sp³-hybridized carbons (Fsp3) is 0.316. The number of carbonyl (C=O) groups excluding carboxylic acids is 1. The van der Waals surface area contributed by atoms with Crippen LogP contribution in [0.15, 0.2) is 30.3 Å². The molecule has 2 amide bonds. The van der Waals surface area contributed by atoms with E-state index >= 15 is 0 Å². The Morgan fingerprint density at radius 2 is 1.69 bits per heavy atom. The standard InChI is InChI=1S/C19H25N9O/c1-5-15-23-17(26-18(24-15)25-16-10-12(4)27-28-16)21-13-6-8-14(9-7-13)22-19(29)20-11(2)3/h6-11H,5H2,1-4H3,(H2,20,22,29)(H3,21,23,24,25,26,27,28). The Kier molecular flexibility index (Phi) is 6.22. The molecular formula is C19H25N9O. The van der Waals surface area contributed by atoms with E-state index in [0.717, 1.165) is 11.4 Å². The smallest absolute Gasteiger partial charge is 0.319 e. The van der Waals surface area contributed by atoms with Crippen molar-refractivity contribution in [3.63, 3.8) is 0 Å². The fourth-order valence-electron chi connectivity index (χ4n) is 2.48. The van der Waals surface area contributed by atoms with Crippen LogP contribution in [0.4, 0.5) is 33.9 Å². The summed E-state index contributed by atoms with van der Waals surface area (Å²) in [4.78, 5) is 25.0. The van der Waals surface area contributed by atoms with Crippen molar-refractivity contribution in [2.45, 2.75) is 40.2 Å². The first-order valence-corrected chi connectivity index (χ1v) is 9.40. The Labute approximate surface area is 169 Å². The number of nitrogens with zero attached hydrogens (tertiary/aromatic N) is 4. The summed E-state index contributed by atoms with van der Waals surface area (Å²) in [7, 11) is 0. The van der Waals surface area contributed by atoms with Crippen LogP contribution in [0.2, 0.25) is 0 Å². The van der Waals surface area contributed by atoms with Crippen molar-refractivity contribution in [2.75, 3.05) is 16.0 Å². The predicted molar refractivity (Wildman–Crippen MR) is 113 cm³/mol. The van der Waals surface area contributed by atoms with Gasteiger partial charge >= 0.3 is 6.03 Å². The molecule has 0 radical (unpaired) electrons. The second-order valence-electron chi connectivity index (χ2n) is 6.77. The van der Waals surface area contributed by atoms with Gasteiger partial charge in [-0.15, -0.1) is 0 Å². The SMILES string of the molecule is CCc1nc(Nc2ccc(NC(=O)NC(C)C)cc2)nc(Nc2cc(C)[nH]n2)n1. The number of anilines is 5. The van der Waals surface area contributed by atoms with Crippen molar-refractivity contribution in [2.24, 2.45) is 0 Å². The molecule has 0 saturated carbocycles. The molecule has 0 bridgehead atoms. The van der Waals surface area contributed by atoms with Crippen LogP contribution in [0.1, 0.15) is 32.3 Å². The zero-order valence-corrected chi connectivity index (χ0v) is 16.9. The van der Waals surface area contributed by atoms with Gasteiger partial charge in [-0.05, 0) is 45.0 Å². The van der Waals surface area contributed by atoms with Crippen LogP contribution in [-0.2, 0) is 6.42 Å². The molecule has 29 heavy (non-hydrogen) atoms. The van der Waals surface area contributed by atoms with E-state index in [4.69, 9.17) is 0 Å². The number of H-pyrrole nitrogens is 1. The highest BCUT2D eigenvalue weighted by Gasteiger charge is 2.08. The summed E-state index contributed by atoms with van der Waals surface area (Å²) in [6.07, 6.45) is 0.666. The quantitative estimate of drug-likeness (QED) is 0.414. The number of nitrogens with one attached hydrogen (secondary N) is 5. The number of aromatic nitrogens is 5. The summed E-state index contributed by atoms with van der Waals surface area (Å²) in [6.45, 7) is 7.70. The number of hydrogen-bond donors (Lipinski definition) is 5. The minimum absolute atomic E-state index is 0.0701. The van der Waals surface area contributed by atoms with Crippen LogP contribution in [0.3, 0.4) is 0 Å². The molecule has 3 rings (SSSR count). The van der Waals surface area contributed by atoms with Crippen LogP contribution in [0, 0.1) is 6.92 Å². The molecule has 10 nitrogen and oxygen atoms in total. The lowest BCUT2D eigenvalue weighted by Gasteiger charge is -2.11. The monoisotopic (exact) mass is 395 g/mol. The van der Waals surface area contributed by atoms with Gasteiger partial charge in [0, 0.05) is 35.6 Å². The first kappa shape index (κ1) is 20.1. The van der Waals surface area contributed by atoms with Crippen molar-refractivity contribution in [3.8, 4) is 0 Å². The van der Waals surface area contributed by atoms with E-state index in [9.17, 15) is 4.79 Å². The first-order chi connectivity index (χ1) is 13.9. The van der Waals surface area contributed by atoms with Gasteiger partial charge in [-0.2, -0.15) is 20.1 Å². The van der Waals surface area contributed by atoms with Crippen molar-refractivity contribution in [3.05, 3.63) is 41.9 Å². The molecule has 0 aliphatic rings. The van der Waals surface area contributed by atoms with Crippen LogP contribution in [0.25, 0.3) is 0 Å². The van der Waals surface area contributed by atoms with E-state index in [1.165, 1.54) is 0 Å². The number of carbonyl (C=O) groups is 1. The van der Waals surface area contributed by atoms with Gasteiger partial charge in [0.15, 0.2) is 5.82 Å². The third-order valence-corrected chi connectivity index (χ3v) is 3.76. The minimum atomic E-state index is -0.241. The molecule has 0 saturated heterocycles. The number of aryl methyl sites for hydroxylation is 2. The van der Waals surface area contributed by atoms with Gasteiger partial charge in [0.25, 0.3) is 0 Å². The summed E-state index contributed by atoms with van der Waals surface area (Å²) < 4.78 is 0. The third kappa shape index (κ3) is 5.89. The van der Waals surface area contributed by atoms with Crippen LogP contribution >= 0.6 is 0 Å². The predicted octanol–water partition coefficient (Wildman–Crippen LogP) is 3.48. The second-order valence-corrected chi connectivity index (χ2v) is 6.77. The number of urea groups is 1. The maximum Gasteiger partial charge on any atom is 0.319 e. The molecule has 5 N–H and O–H groups in total. The van der Waals surface area contributed by atoms with Gasteiger partial charge in [0.2, 0.25) is 11.9 Å². The van der Waals surface area contributed by atoms with Crippen molar-refractivity contribution >= 4 is 35.1 Å². The van der Waals surface area contributed by atoms with Crippen LogP contribution < -0.4 is 21.3 Å². The topological polar surface area (TPSA) is 133 Å². The van der Waals surface area contributed by atoms with Crippen molar-refractivity contribution in [1.29, 1.82) is 0 Å². The molecule has 152 valence electrons. The maximum atomic E-state index is 11.8. The summed E-state index contributed by atoms with van der Waals surface area (Å²) in [5, 5.41) is 18.8. The van der Waals surface area contributed by atoms with Crippen molar-refractivity contribution in [1.82, 2.24) is 30.5 Å². The average Bonchev–Trinajstić information content (AvgIpc) is 3.07. The van der Waals surface area contributed by atoms with Gasteiger partial charge in [0.05, 0.1) is 0 Å². The summed E-state index contributed by atoms with van der Waals surface area (Å²) in [5.41, 5.74) is 2.41. The molecule has 2 aromatic heterocycles. The molecule has 0 fully saturated rings. The van der Waals surface area contributed by atoms with Gasteiger partial charge in [-0.25, -0.2) is 4.79 Å². The second kappa shape index (κ2) is 9.00. The largest absolute Gasteiger partial charge is 0.336 e. The average molecular weight is 395 g/mol. The van der Waals surface area contributed by atoms with E-state index in [1.807, 2.05) is 45.9 Å². The zero-order chi connectivity index (χ0) is 20.8. The van der Waals surface area contributed by atoms with Gasteiger partial charge in [-0.3, -0.25) is 5.10 Å². The Morgan fingerprint density at radius 1 is 1.03 bits per heavy atom. The Hall–Kier alpha value is -3.69. The van der Waals surface area contributed by atoms with E-state index in [-0.39, 0.29) is 12.1 Å². The third-order valence-electron chi connectivity index (χ3n) is 3.76. The lowest BCUT2D eigenvalue weighted by molar-refractivity contribution is 0.250. The Morgan fingerprint density at radius 3 is 2.28 bits per heavy atom. The molecule has 1 aromatic carbocycles. The number of hydrogen-bond acceptors (Lipinski definition) is 7. The van der Waals surface area contributed by atoms with Gasteiger partial charge in [0.1, 0.15) is 5.82 Å².